The number of benzene rings is 2. The molecular formula is C24H25ClN4O. The maximum atomic E-state index is 13.2. The van der Waals surface area contributed by atoms with Crippen molar-refractivity contribution in [3.63, 3.8) is 0 Å². The Balaban J connectivity index is 1.71. The van der Waals surface area contributed by atoms with Crippen molar-refractivity contribution in [3.05, 3.63) is 82.5 Å². The summed E-state index contributed by atoms with van der Waals surface area (Å²) in [6.45, 7) is 8.32. The Morgan fingerprint density at radius 3 is 2.53 bits per heavy atom. The fourth-order valence-corrected chi connectivity index (χ4v) is 4.06. The van der Waals surface area contributed by atoms with E-state index in [2.05, 4.69) is 54.2 Å². The van der Waals surface area contributed by atoms with Gasteiger partial charge in [0, 0.05) is 41.8 Å². The van der Waals surface area contributed by atoms with E-state index in [0.29, 0.717) is 16.4 Å². The number of carbonyl (C=O) groups excluding carboxylic acids is 1. The van der Waals surface area contributed by atoms with E-state index in [-0.39, 0.29) is 12.1 Å². The van der Waals surface area contributed by atoms with Crippen molar-refractivity contribution in [1.82, 2.24) is 4.98 Å². The van der Waals surface area contributed by atoms with Crippen molar-refractivity contribution in [1.29, 1.82) is 0 Å². The quantitative estimate of drug-likeness (QED) is 0.558. The largest absolute Gasteiger partial charge is 0.372 e. The molecule has 4 rings (SSSR count). The first-order valence-electron chi connectivity index (χ1n) is 10.2. The third-order valence-corrected chi connectivity index (χ3v) is 5.78. The standard InChI is InChI=1S/C24H25ClN4O/c1-4-28(5-2)18-11-12-21(16(3)14-18)27-23-19-8-6-7-9-20(19)24(30)29(23)22-13-10-17(25)15-26-22/h6-15,23,27H,4-5H2,1-3H3/t23-/m1/s1. The lowest BCUT2D eigenvalue weighted by atomic mass is 10.1. The van der Waals surface area contributed by atoms with Gasteiger partial charge in [-0.25, -0.2) is 4.98 Å². The van der Waals surface area contributed by atoms with Crippen LogP contribution in [0.1, 0.15) is 41.5 Å². The molecule has 1 aliphatic rings. The first-order valence-corrected chi connectivity index (χ1v) is 10.6. The predicted molar refractivity (Wildman–Crippen MR) is 124 cm³/mol. The molecule has 0 bridgehead atoms. The molecule has 0 saturated carbocycles. The van der Waals surface area contributed by atoms with Crippen LogP contribution in [0, 0.1) is 6.92 Å². The molecule has 3 aromatic rings. The Hall–Kier alpha value is -3.05. The number of hydrogen-bond acceptors (Lipinski definition) is 4. The van der Waals surface area contributed by atoms with Crippen LogP contribution in [0.3, 0.4) is 0 Å². The van der Waals surface area contributed by atoms with Gasteiger partial charge in [0.25, 0.3) is 5.91 Å². The number of amides is 1. The molecule has 0 spiro atoms. The van der Waals surface area contributed by atoms with Crippen molar-refractivity contribution in [2.24, 2.45) is 0 Å². The summed E-state index contributed by atoms with van der Waals surface area (Å²) in [7, 11) is 0. The third kappa shape index (κ3) is 3.61. The van der Waals surface area contributed by atoms with Crippen molar-refractivity contribution >= 4 is 34.7 Å². The number of pyridine rings is 1. The van der Waals surface area contributed by atoms with Crippen LogP contribution >= 0.6 is 11.6 Å². The highest BCUT2D eigenvalue weighted by Gasteiger charge is 2.38. The van der Waals surface area contributed by atoms with E-state index in [1.807, 2.05) is 24.3 Å². The van der Waals surface area contributed by atoms with Gasteiger partial charge in [-0.2, -0.15) is 0 Å². The van der Waals surface area contributed by atoms with Crippen molar-refractivity contribution in [3.8, 4) is 0 Å². The lowest BCUT2D eigenvalue weighted by Gasteiger charge is -2.28. The Morgan fingerprint density at radius 1 is 1.10 bits per heavy atom. The monoisotopic (exact) mass is 420 g/mol. The molecule has 1 aromatic heterocycles. The summed E-state index contributed by atoms with van der Waals surface area (Å²) in [5.41, 5.74) is 4.93. The average Bonchev–Trinajstić information content (AvgIpc) is 3.03. The lowest BCUT2D eigenvalue weighted by Crippen LogP contribution is -2.33. The van der Waals surface area contributed by atoms with Crippen LogP contribution in [0.4, 0.5) is 17.2 Å². The van der Waals surface area contributed by atoms with Gasteiger partial charge < -0.3 is 10.2 Å². The summed E-state index contributed by atoms with van der Waals surface area (Å²) >= 11 is 6.01. The van der Waals surface area contributed by atoms with Crippen LogP contribution in [0.5, 0.6) is 0 Å². The molecule has 0 unspecified atom stereocenters. The van der Waals surface area contributed by atoms with E-state index in [0.717, 1.165) is 29.9 Å². The smallest absolute Gasteiger partial charge is 0.261 e. The first kappa shape index (κ1) is 20.2. The summed E-state index contributed by atoms with van der Waals surface area (Å²) < 4.78 is 0. The molecule has 5 nitrogen and oxygen atoms in total. The highest BCUT2D eigenvalue weighted by Crippen LogP contribution is 2.38. The topological polar surface area (TPSA) is 48.5 Å². The van der Waals surface area contributed by atoms with Crippen molar-refractivity contribution in [2.45, 2.75) is 26.9 Å². The maximum absolute atomic E-state index is 13.2. The molecule has 0 aliphatic carbocycles. The molecule has 154 valence electrons. The molecule has 0 saturated heterocycles. The SMILES string of the molecule is CCN(CC)c1ccc(N[C@H]2c3ccccc3C(=O)N2c2ccc(Cl)cn2)c(C)c1. The highest BCUT2D eigenvalue weighted by atomic mass is 35.5. The van der Waals surface area contributed by atoms with Gasteiger partial charge in [-0.15, -0.1) is 0 Å². The maximum Gasteiger partial charge on any atom is 0.261 e. The zero-order chi connectivity index (χ0) is 21.3. The fraction of sp³-hybridized carbons (Fsp3) is 0.250. The number of carbonyl (C=O) groups is 1. The second-order valence-corrected chi connectivity index (χ2v) is 7.75. The molecule has 1 atom stereocenters. The molecule has 30 heavy (non-hydrogen) atoms. The summed E-state index contributed by atoms with van der Waals surface area (Å²) in [6, 6.07) is 17.6. The van der Waals surface area contributed by atoms with Gasteiger partial charge in [-0.05, 0) is 62.7 Å². The first-order chi connectivity index (χ1) is 14.5. The minimum Gasteiger partial charge on any atom is -0.372 e. The van der Waals surface area contributed by atoms with Crippen LogP contribution < -0.4 is 15.1 Å². The van der Waals surface area contributed by atoms with Gasteiger partial charge >= 0.3 is 0 Å². The van der Waals surface area contributed by atoms with Gasteiger partial charge in [0.15, 0.2) is 0 Å². The Kier molecular flexibility index (Phi) is 5.64. The molecule has 0 fully saturated rings. The number of hydrogen-bond donors (Lipinski definition) is 1. The van der Waals surface area contributed by atoms with E-state index in [9.17, 15) is 4.79 Å². The van der Waals surface area contributed by atoms with Crippen LogP contribution in [0.25, 0.3) is 0 Å². The molecule has 2 heterocycles. The van der Waals surface area contributed by atoms with E-state index in [1.54, 1.807) is 23.2 Å². The predicted octanol–water partition coefficient (Wildman–Crippen LogP) is 5.66. The van der Waals surface area contributed by atoms with Crippen LogP contribution in [-0.2, 0) is 0 Å². The van der Waals surface area contributed by atoms with E-state index in [1.165, 1.54) is 5.69 Å². The number of nitrogens with zero attached hydrogens (tertiary/aromatic N) is 3. The van der Waals surface area contributed by atoms with Crippen molar-refractivity contribution < 1.29 is 4.79 Å². The Labute approximate surface area is 182 Å². The fourth-order valence-electron chi connectivity index (χ4n) is 3.95. The van der Waals surface area contributed by atoms with E-state index >= 15 is 0 Å². The number of rotatable bonds is 6. The summed E-state index contributed by atoms with van der Waals surface area (Å²) in [5, 5.41) is 4.11. The van der Waals surface area contributed by atoms with Gasteiger partial charge in [0.1, 0.15) is 12.0 Å². The average molecular weight is 421 g/mol. The zero-order valence-electron chi connectivity index (χ0n) is 17.4. The lowest BCUT2D eigenvalue weighted by molar-refractivity contribution is 0.0992. The minimum absolute atomic E-state index is 0.0738. The normalized spacial score (nSPS) is 15.3. The summed E-state index contributed by atoms with van der Waals surface area (Å²) in [4.78, 5) is 21.6. The summed E-state index contributed by atoms with van der Waals surface area (Å²) in [5.74, 6) is 0.492. The third-order valence-electron chi connectivity index (χ3n) is 5.55. The Morgan fingerprint density at radius 2 is 1.87 bits per heavy atom. The van der Waals surface area contributed by atoms with Crippen LogP contribution in [-0.4, -0.2) is 24.0 Å². The van der Waals surface area contributed by atoms with Crippen LogP contribution in [0.15, 0.2) is 60.8 Å². The molecule has 1 aliphatic heterocycles. The van der Waals surface area contributed by atoms with Crippen molar-refractivity contribution in [2.75, 3.05) is 28.2 Å². The molecule has 0 radical (unpaired) electrons. The van der Waals surface area contributed by atoms with Gasteiger partial charge in [-0.3, -0.25) is 9.69 Å². The number of halogens is 1. The Bertz CT molecular complexity index is 1060. The summed E-state index contributed by atoms with van der Waals surface area (Å²) in [6.07, 6.45) is 1.22. The molecule has 1 N–H and O–H groups in total. The number of aromatic nitrogens is 1. The van der Waals surface area contributed by atoms with E-state index in [4.69, 9.17) is 11.6 Å². The van der Waals surface area contributed by atoms with Gasteiger partial charge in [-0.1, -0.05) is 29.8 Å². The highest BCUT2D eigenvalue weighted by molar-refractivity contribution is 6.30. The molecule has 6 heteroatoms. The second-order valence-electron chi connectivity index (χ2n) is 7.32. The second kappa shape index (κ2) is 8.36. The zero-order valence-corrected chi connectivity index (χ0v) is 18.1. The number of nitrogens with one attached hydrogen (secondary N) is 1. The minimum atomic E-state index is -0.347. The number of fused-ring (bicyclic) bond motifs is 1. The van der Waals surface area contributed by atoms with E-state index < -0.39 is 0 Å². The number of anilines is 3. The van der Waals surface area contributed by atoms with Crippen LogP contribution in [0.2, 0.25) is 5.02 Å². The molecule has 2 aromatic carbocycles. The number of aryl methyl sites for hydroxylation is 1. The molecule has 1 amide bonds. The van der Waals surface area contributed by atoms with Gasteiger partial charge in [0.05, 0.1) is 5.02 Å². The van der Waals surface area contributed by atoms with Gasteiger partial charge in [0.2, 0.25) is 0 Å². The molecular weight excluding hydrogens is 396 g/mol.